The van der Waals surface area contributed by atoms with E-state index in [1.165, 1.54) is 18.6 Å². The number of nitrogens with zero attached hydrogens (tertiary/aromatic N) is 6. The number of carboxylic acids is 1. The predicted molar refractivity (Wildman–Crippen MR) is 137 cm³/mol. The zero-order chi connectivity index (χ0) is 28.9. The molecule has 4 heterocycles. The second kappa shape index (κ2) is 11.7. The first-order chi connectivity index (χ1) is 19.1. The fourth-order valence-electron chi connectivity index (χ4n) is 4.03. The van der Waals surface area contributed by atoms with Crippen LogP contribution in [0.1, 0.15) is 34.8 Å². The number of hydrogen-bond donors (Lipinski definition) is 4. The number of carboxylic acid groups (broad SMARTS) is 1. The quantitative estimate of drug-likeness (QED) is 0.293. The molecule has 0 spiro atoms. The second-order valence-electron chi connectivity index (χ2n) is 8.63. The van der Waals surface area contributed by atoms with E-state index >= 15 is 0 Å². The van der Waals surface area contributed by atoms with Gasteiger partial charge < -0.3 is 21.5 Å². The summed E-state index contributed by atoms with van der Waals surface area (Å²) in [5.41, 5.74) is 9.28. The predicted octanol–water partition coefficient (Wildman–Crippen LogP) is 3.15. The molecule has 0 saturated carbocycles. The highest BCUT2D eigenvalue weighted by molar-refractivity contribution is 6.04. The molecule has 1 unspecified atom stereocenters. The smallest absolute Gasteiger partial charge is 0.475 e. The molecule has 1 saturated heterocycles. The number of alkyl halides is 3. The molecule has 1 aliphatic heterocycles. The Labute approximate surface area is 224 Å². The van der Waals surface area contributed by atoms with Crippen LogP contribution in [0.2, 0.25) is 0 Å². The van der Waals surface area contributed by atoms with Gasteiger partial charge >= 0.3 is 12.1 Å². The number of hydrogen-bond acceptors (Lipinski definition) is 9. The number of aliphatic carboxylic acids is 1. The Morgan fingerprint density at radius 1 is 1.18 bits per heavy atom. The molecular formula is C25H22F3N9O3. The topological polar surface area (TPSA) is 185 Å². The lowest BCUT2D eigenvalue weighted by atomic mass is 10.1. The summed E-state index contributed by atoms with van der Waals surface area (Å²) < 4.78 is 33.7. The number of nitrogens with two attached hydrogens (primary N) is 1. The number of pyridine rings is 1. The number of carbonyl (C=O) groups excluding carboxylic acids is 1. The van der Waals surface area contributed by atoms with Gasteiger partial charge in [-0.15, -0.1) is 0 Å². The van der Waals surface area contributed by atoms with E-state index in [2.05, 4.69) is 25.6 Å². The minimum absolute atomic E-state index is 0.186. The number of nitrogens with one attached hydrogen (secondary N) is 2. The molecule has 5 N–H and O–H groups in total. The van der Waals surface area contributed by atoms with Crippen LogP contribution in [0.3, 0.4) is 0 Å². The Morgan fingerprint density at radius 2 is 1.90 bits per heavy atom. The zero-order valence-corrected chi connectivity index (χ0v) is 20.7. The van der Waals surface area contributed by atoms with E-state index < -0.39 is 12.1 Å². The van der Waals surface area contributed by atoms with E-state index in [0.717, 1.165) is 31.5 Å². The molecule has 12 nitrogen and oxygen atoms in total. The van der Waals surface area contributed by atoms with Gasteiger partial charge in [-0.3, -0.25) is 4.79 Å². The van der Waals surface area contributed by atoms with Crippen molar-refractivity contribution in [1.29, 1.82) is 5.26 Å². The lowest BCUT2D eigenvalue weighted by Gasteiger charge is -2.23. The zero-order valence-electron chi connectivity index (χ0n) is 20.7. The maximum Gasteiger partial charge on any atom is 0.490 e. The summed E-state index contributed by atoms with van der Waals surface area (Å²) in [6.45, 7) is 1.82. The van der Waals surface area contributed by atoms with Crippen molar-refractivity contribution < 1.29 is 27.9 Å². The van der Waals surface area contributed by atoms with Crippen molar-refractivity contribution in [3.63, 3.8) is 0 Å². The summed E-state index contributed by atoms with van der Waals surface area (Å²) in [4.78, 5) is 34.2. The normalized spacial score (nSPS) is 15.0. The van der Waals surface area contributed by atoms with Crippen molar-refractivity contribution in [2.45, 2.75) is 25.1 Å². The molecule has 40 heavy (non-hydrogen) atoms. The van der Waals surface area contributed by atoms with Gasteiger partial charge in [0.15, 0.2) is 5.65 Å². The van der Waals surface area contributed by atoms with Crippen LogP contribution in [0.5, 0.6) is 0 Å². The summed E-state index contributed by atoms with van der Waals surface area (Å²) in [6, 6.07) is 12.4. The molecule has 1 atom stereocenters. The van der Waals surface area contributed by atoms with E-state index in [9.17, 15) is 18.0 Å². The highest BCUT2D eigenvalue weighted by Crippen LogP contribution is 2.33. The van der Waals surface area contributed by atoms with Gasteiger partial charge in [0.05, 0.1) is 23.1 Å². The molecule has 1 aromatic carbocycles. The summed E-state index contributed by atoms with van der Waals surface area (Å²) in [6.07, 6.45) is -0.0726. The molecule has 1 aliphatic rings. The average Bonchev–Trinajstić information content (AvgIpc) is 3.34. The van der Waals surface area contributed by atoms with Crippen LogP contribution in [0.4, 0.5) is 24.8 Å². The lowest BCUT2D eigenvalue weighted by molar-refractivity contribution is -0.192. The Bertz CT molecular complexity index is 1570. The number of fused-ring (bicyclic) bond motifs is 1. The molecule has 3 aromatic heterocycles. The first-order valence-corrected chi connectivity index (χ1v) is 11.9. The minimum Gasteiger partial charge on any atom is -0.475 e. The number of nitriles is 1. The third-order valence-corrected chi connectivity index (χ3v) is 5.93. The first kappa shape index (κ1) is 27.9. The number of carbonyl (C=O) groups is 2. The van der Waals surface area contributed by atoms with Gasteiger partial charge in [-0.2, -0.15) is 23.5 Å². The Morgan fingerprint density at radius 3 is 2.52 bits per heavy atom. The van der Waals surface area contributed by atoms with Gasteiger partial charge in [0.2, 0.25) is 0 Å². The van der Waals surface area contributed by atoms with E-state index in [4.69, 9.17) is 26.0 Å². The molecule has 0 radical (unpaired) electrons. The van der Waals surface area contributed by atoms with Gasteiger partial charge in [-0.05, 0) is 43.7 Å². The summed E-state index contributed by atoms with van der Waals surface area (Å²) in [7, 11) is 0. The van der Waals surface area contributed by atoms with Crippen LogP contribution >= 0.6 is 0 Å². The van der Waals surface area contributed by atoms with Crippen molar-refractivity contribution in [2.24, 2.45) is 0 Å². The Kier molecular flexibility index (Phi) is 8.20. The van der Waals surface area contributed by atoms with Crippen LogP contribution in [-0.2, 0) is 4.79 Å². The monoisotopic (exact) mass is 553 g/mol. The van der Waals surface area contributed by atoms with Crippen LogP contribution < -0.4 is 16.4 Å². The summed E-state index contributed by atoms with van der Waals surface area (Å²) in [5, 5.41) is 27.8. The van der Waals surface area contributed by atoms with Crippen molar-refractivity contribution >= 4 is 34.5 Å². The summed E-state index contributed by atoms with van der Waals surface area (Å²) in [5.74, 6) is -2.39. The molecule has 1 amide bonds. The number of aromatic nitrogens is 5. The van der Waals surface area contributed by atoms with E-state index in [1.807, 2.05) is 22.9 Å². The number of anilines is 2. The molecule has 0 aliphatic carbocycles. The van der Waals surface area contributed by atoms with Gasteiger partial charge in [-0.25, -0.2) is 24.4 Å². The molecule has 206 valence electrons. The number of benzene rings is 1. The van der Waals surface area contributed by atoms with Crippen molar-refractivity contribution in [1.82, 2.24) is 30.0 Å². The first-order valence-electron chi connectivity index (χ1n) is 11.9. The maximum atomic E-state index is 12.6. The van der Waals surface area contributed by atoms with E-state index in [0.29, 0.717) is 39.5 Å². The average molecular weight is 554 g/mol. The van der Waals surface area contributed by atoms with Crippen LogP contribution in [-0.4, -0.2) is 61.0 Å². The molecule has 15 heteroatoms. The second-order valence-corrected chi connectivity index (χ2v) is 8.63. The van der Waals surface area contributed by atoms with Crippen molar-refractivity contribution in [3.05, 3.63) is 60.0 Å². The third kappa shape index (κ3) is 6.30. The fraction of sp³-hybridized carbons (Fsp3) is 0.240. The summed E-state index contributed by atoms with van der Waals surface area (Å²) >= 11 is 0. The highest BCUT2D eigenvalue weighted by atomic mass is 19.4. The Hall–Kier alpha value is -5.10. The van der Waals surface area contributed by atoms with Gasteiger partial charge in [-0.1, -0.05) is 12.1 Å². The third-order valence-electron chi connectivity index (χ3n) is 5.93. The van der Waals surface area contributed by atoms with Crippen LogP contribution in [0, 0.1) is 11.3 Å². The highest BCUT2D eigenvalue weighted by Gasteiger charge is 2.38. The van der Waals surface area contributed by atoms with Gasteiger partial charge in [0, 0.05) is 23.9 Å². The minimum atomic E-state index is -5.08. The number of piperidine rings is 1. The number of halogens is 3. The fourth-order valence-corrected chi connectivity index (χ4v) is 4.03. The number of nitrogen functional groups attached to an aromatic ring is 1. The van der Waals surface area contributed by atoms with Crippen LogP contribution in [0.25, 0.3) is 22.3 Å². The van der Waals surface area contributed by atoms with Crippen molar-refractivity contribution in [2.75, 3.05) is 24.1 Å². The van der Waals surface area contributed by atoms with E-state index in [-0.39, 0.29) is 11.9 Å². The largest absolute Gasteiger partial charge is 0.490 e. The molecular weight excluding hydrogens is 531 g/mol. The van der Waals surface area contributed by atoms with Gasteiger partial charge in [0.1, 0.15) is 23.7 Å². The number of rotatable bonds is 4. The molecule has 4 aromatic rings. The van der Waals surface area contributed by atoms with Crippen molar-refractivity contribution in [3.8, 4) is 17.3 Å². The number of amides is 1. The molecule has 0 bridgehead atoms. The van der Waals surface area contributed by atoms with Crippen LogP contribution in [0.15, 0.2) is 48.9 Å². The maximum absolute atomic E-state index is 12.6. The Balaban J connectivity index is 0.000000470. The van der Waals surface area contributed by atoms with E-state index in [1.54, 1.807) is 18.2 Å². The lowest BCUT2D eigenvalue weighted by Crippen LogP contribution is -2.32. The molecule has 1 fully saturated rings. The van der Waals surface area contributed by atoms with Gasteiger partial charge in [0.25, 0.3) is 5.91 Å². The standard InChI is InChI=1S/C23H21N9O.C2HF3O2/c24-11-14-7-9-27-18(10-14)30-23(33)16-5-3-15(4-6-16)20-19-21(25)28-13-29-22(19)32(31-20)17-2-1-8-26-12-17;3-2(4,5)1(6)7/h3-7,9-10,13,17,26H,1-2,8,12H2,(H2,25,28,29)(H,27,30,33);(H,6,7). The molecule has 5 rings (SSSR count). The SMILES string of the molecule is N#Cc1ccnc(NC(=O)c2ccc(-c3nn(C4CCCNC4)c4ncnc(N)c34)cc2)c1.O=C(O)C(F)(F)F.